The number of hydrogen-bond acceptors (Lipinski definition) is 3. The Kier molecular flexibility index (Phi) is 4.21. The summed E-state index contributed by atoms with van der Waals surface area (Å²) in [6.07, 6.45) is 3.59. The summed E-state index contributed by atoms with van der Waals surface area (Å²) in [7, 11) is 1.99. The van der Waals surface area contributed by atoms with Crippen molar-refractivity contribution < 1.29 is 4.39 Å². The minimum Gasteiger partial charge on any atom is -0.357 e. The number of hydrogen-bond donors (Lipinski definition) is 1. The van der Waals surface area contributed by atoms with E-state index in [1.165, 1.54) is 18.2 Å². The zero-order valence-corrected chi connectivity index (χ0v) is 13.1. The number of rotatable bonds is 4. The third kappa shape index (κ3) is 3.29. The SMILES string of the molecule is C[C@H](c1cccnc1)N(C)Cc1cc(=O)c2cc(F)ccc2[nH]1. The van der Waals surface area contributed by atoms with Crippen molar-refractivity contribution in [3.8, 4) is 0 Å². The van der Waals surface area contributed by atoms with Gasteiger partial charge < -0.3 is 4.98 Å². The van der Waals surface area contributed by atoms with Crippen LogP contribution in [0.4, 0.5) is 4.39 Å². The lowest BCUT2D eigenvalue weighted by Crippen LogP contribution is -2.23. The summed E-state index contributed by atoms with van der Waals surface area (Å²) in [4.78, 5) is 21.6. The average molecular weight is 311 g/mol. The summed E-state index contributed by atoms with van der Waals surface area (Å²) >= 11 is 0. The number of fused-ring (bicyclic) bond motifs is 1. The molecule has 1 aromatic carbocycles. The maximum absolute atomic E-state index is 13.3. The number of H-pyrrole nitrogens is 1. The fraction of sp³-hybridized carbons (Fsp3) is 0.222. The maximum atomic E-state index is 13.3. The Morgan fingerprint density at radius 3 is 2.87 bits per heavy atom. The van der Waals surface area contributed by atoms with Crippen molar-refractivity contribution in [3.05, 3.63) is 76.1 Å². The summed E-state index contributed by atoms with van der Waals surface area (Å²) in [6, 6.07) is 9.85. The Hall–Kier alpha value is -2.53. The van der Waals surface area contributed by atoms with Crippen molar-refractivity contribution in [2.24, 2.45) is 0 Å². The van der Waals surface area contributed by atoms with Gasteiger partial charge in [0.25, 0.3) is 0 Å². The van der Waals surface area contributed by atoms with Gasteiger partial charge in [-0.1, -0.05) is 6.07 Å². The second kappa shape index (κ2) is 6.30. The van der Waals surface area contributed by atoms with Gasteiger partial charge in [0.15, 0.2) is 5.43 Å². The lowest BCUT2D eigenvalue weighted by atomic mass is 10.1. The molecule has 3 rings (SSSR count). The van der Waals surface area contributed by atoms with E-state index in [4.69, 9.17) is 0 Å². The van der Waals surface area contributed by atoms with Crippen LogP contribution in [0, 0.1) is 5.82 Å². The van der Waals surface area contributed by atoms with Crippen molar-refractivity contribution in [2.75, 3.05) is 7.05 Å². The summed E-state index contributed by atoms with van der Waals surface area (Å²) in [5.74, 6) is -0.405. The third-order valence-electron chi connectivity index (χ3n) is 4.10. The number of nitrogens with one attached hydrogen (secondary N) is 1. The summed E-state index contributed by atoms with van der Waals surface area (Å²) in [6.45, 7) is 2.67. The van der Waals surface area contributed by atoms with E-state index in [1.54, 1.807) is 12.3 Å². The first-order valence-electron chi connectivity index (χ1n) is 7.46. The highest BCUT2D eigenvalue weighted by atomic mass is 19.1. The number of benzene rings is 1. The Morgan fingerprint density at radius 2 is 2.13 bits per heavy atom. The van der Waals surface area contributed by atoms with Crippen molar-refractivity contribution in [1.82, 2.24) is 14.9 Å². The van der Waals surface area contributed by atoms with Crippen LogP contribution < -0.4 is 5.43 Å². The Bertz CT molecular complexity index is 876. The van der Waals surface area contributed by atoms with E-state index in [2.05, 4.69) is 21.8 Å². The van der Waals surface area contributed by atoms with E-state index in [9.17, 15) is 9.18 Å². The van der Waals surface area contributed by atoms with Gasteiger partial charge in [-0.15, -0.1) is 0 Å². The van der Waals surface area contributed by atoms with Crippen LogP contribution >= 0.6 is 0 Å². The summed E-state index contributed by atoms with van der Waals surface area (Å²) in [5, 5.41) is 0.372. The second-order valence-corrected chi connectivity index (χ2v) is 5.73. The predicted molar refractivity (Wildman–Crippen MR) is 88.6 cm³/mol. The first-order chi connectivity index (χ1) is 11.0. The normalized spacial score (nSPS) is 12.7. The number of aromatic amines is 1. The molecule has 2 aromatic heterocycles. The fourth-order valence-corrected chi connectivity index (χ4v) is 2.64. The molecule has 0 amide bonds. The molecule has 0 saturated heterocycles. The van der Waals surface area contributed by atoms with E-state index in [-0.39, 0.29) is 11.5 Å². The van der Waals surface area contributed by atoms with Crippen LogP contribution in [0.15, 0.2) is 53.6 Å². The molecule has 5 heteroatoms. The van der Waals surface area contributed by atoms with Crippen LogP contribution in [0.25, 0.3) is 10.9 Å². The highest BCUT2D eigenvalue weighted by Gasteiger charge is 2.13. The first-order valence-corrected chi connectivity index (χ1v) is 7.46. The molecule has 0 fully saturated rings. The molecule has 1 atom stereocenters. The van der Waals surface area contributed by atoms with Crippen LogP contribution in [0.2, 0.25) is 0 Å². The molecular weight excluding hydrogens is 293 g/mol. The molecule has 2 heterocycles. The first kappa shape index (κ1) is 15.4. The number of pyridine rings is 2. The van der Waals surface area contributed by atoms with Gasteiger partial charge in [0.2, 0.25) is 0 Å². The van der Waals surface area contributed by atoms with Crippen LogP contribution in [-0.4, -0.2) is 21.9 Å². The third-order valence-corrected chi connectivity index (χ3v) is 4.10. The number of aromatic nitrogens is 2. The molecule has 0 spiro atoms. The molecule has 4 nitrogen and oxygen atoms in total. The van der Waals surface area contributed by atoms with Gasteiger partial charge in [0.1, 0.15) is 5.82 Å². The van der Waals surface area contributed by atoms with Crippen molar-refractivity contribution in [1.29, 1.82) is 0 Å². The quantitative estimate of drug-likeness (QED) is 0.804. The van der Waals surface area contributed by atoms with Crippen LogP contribution in [0.5, 0.6) is 0 Å². The average Bonchev–Trinajstić information content (AvgIpc) is 2.55. The van der Waals surface area contributed by atoms with E-state index >= 15 is 0 Å². The predicted octanol–water partition coefficient (Wildman–Crippen LogP) is 3.26. The molecule has 0 aliphatic rings. The highest BCUT2D eigenvalue weighted by molar-refractivity contribution is 5.78. The van der Waals surface area contributed by atoms with Crippen LogP contribution in [0.3, 0.4) is 0 Å². The van der Waals surface area contributed by atoms with Crippen molar-refractivity contribution >= 4 is 10.9 Å². The van der Waals surface area contributed by atoms with Gasteiger partial charge in [-0.3, -0.25) is 14.7 Å². The lowest BCUT2D eigenvalue weighted by Gasteiger charge is -2.24. The van der Waals surface area contributed by atoms with Crippen LogP contribution in [0.1, 0.15) is 24.2 Å². The monoisotopic (exact) mass is 311 g/mol. The fourth-order valence-electron chi connectivity index (χ4n) is 2.64. The minimum absolute atomic E-state index is 0.163. The Morgan fingerprint density at radius 1 is 1.30 bits per heavy atom. The standard InChI is InChI=1S/C18H18FN3O/c1-12(13-4-3-7-20-10-13)22(2)11-15-9-18(23)16-8-14(19)5-6-17(16)21-15/h3-10,12H,11H2,1-2H3,(H,21,23)/t12-/m1/s1. The largest absolute Gasteiger partial charge is 0.357 e. The molecule has 0 saturated carbocycles. The Labute approximate surface area is 133 Å². The smallest absolute Gasteiger partial charge is 0.189 e. The molecular formula is C18H18FN3O. The zero-order valence-electron chi connectivity index (χ0n) is 13.1. The second-order valence-electron chi connectivity index (χ2n) is 5.73. The molecule has 0 radical (unpaired) electrons. The van der Waals surface area contributed by atoms with Gasteiger partial charge in [-0.25, -0.2) is 4.39 Å². The minimum atomic E-state index is -0.405. The number of halogens is 1. The van der Waals surface area contributed by atoms with Gasteiger partial charge in [0.05, 0.1) is 0 Å². The Balaban J connectivity index is 1.86. The van der Waals surface area contributed by atoms with Crippen LogP contribution in [-0.2, 0) is 6.54 Å². The molecule has 23 heavy (non-hydrogen) atoms. The molecule has 118 valence electrons. The summed E-state index contributed by atoms with van der Waals surface area (Å²) < 4.78 is 13.3. The zero-order chi connectivity index (χ0) is 16.4. The van der Waals surface area contributed by atoms with E-state index in [0.29, 0.717) is 17.4 Å². The highest BCUT2D eigenvalue weighted by Crippen LogP contribution is 2.19. The van der Waals surface area contributed by atoms with Gasteiger partial charge in [-0.2, -0.15) is 0 Å². The molecule has 0 aliphatic carbocycles. The molecule has 0 unspecified atom stereocenters. The van der Waals surface area contributed by atoms with E-state index in [1.807, 2.05) is 25.4 Å². The molecule has 1 N–H and O–H groups in total. The van der Waals surface area contributed by atoms with Gasteiger partial charge >= 0.3 is 0 Å². The number of nitrogens with zero attached hydrogens (tertiary/aromatic N) is 2. The lowest BCUT2D eigenvalue weighted by molar-refractivity contribution is 0.250. The molecule has 0 bridgehead atoms. The summed E-state index contributed by atoms with van der Waals surface area (Å²) in [5.41, 5.74) is 2.39. The van der Waals surface area contributed by atoms with Gasteiger partial charge in [-0.05, 0) is 43.8 Å². The van der Waals surface area contributed by atoms with Crippen molar-refractivity contribution in [2.45, 2.75) is 19.5 Å². The maximum Gasteiger partial charge on any atom is 0.189 e. The van der Waals surface area contributed by atoms with Gasteiger partial charge in [0, 0.05) is 47.6 Å². The molecule has 3 aromatic rings. The van der Waals surface area contributed by atoms with Crippen molar-refractivity contribution in [3.63, 3.8) is 0 Å². The van der Waals surface area contributed by atoms with E-state index in [0.717, 1.165) is 11.3 Å². The topological polar surface area (TPSA) is 49.0 Å². The molecule has 0 aliphatic heterocycles. The van der Waals surface area contributed by atoms with E-state index < -0.39 is 5.82 Å².